The van der Waals surface area contributed by atoms with E-state index in [1.165, 1.54) is 17.0 Å². The predicted molar refractivity (Wildman–Crippen MR) is 83.5 cm³/mol. The summed E-state index contributed by atoms with van der Waals surface area (Å²) in [4.78, 5) is 18.0. The smallest absolute Gasteiger partial charge is 0.323 e. The highest BCUT2D eigenvalue weighted by Gasteiger charge is 2.10. The van der Waals surface area contributed by atoms with Gasteiger partial charge in [0.2, 0.25) is 0 Å². The Bertz CT molecular complexity index is 674. The lowest BCUT2D eigenvalue weighted by atomic mass is 10.2. The molecule has 0 unspecified atom stereocenters. The molecular weight excluding hydrogens is 305 g/mol. The van der Waals surface area contributed by atoms with E-state index in [0.717, 1.165) is 16.7 Å². The Hall–Kier alpha value is -2.28. The molecule has 0 saturated heterocycles. The molecular formula is C15H16FN3O2S. The molecule has 0 saturated carbocycles. The first-order valence-corrected chi connectivity index (χ1v) is 8.07. The quantitative estimate of drug-likeness (QED) is 0.941. The lowest BCUT2D eigenvalue weighted by Crippen LogP contribution is -2.31. The van der Waals surface area contributed by atoms with Crippen LogP contribution in [0.3, 0.4) is 0 Å². The van der Waals surface area contributed by atoms with Gasteiger partial charge in [-0.1, -0.05) is 12.1 Å². The van der Waals surface area contributed by atoms with Gasteiger partial charge in [-0.2, -0.15) is 0 Å². The molecule has 7 heteroatoms. The molecule has 0 aliphatic rings. The second-order valence-electron chi connectivity index (χ2n) is 4.75. The minimum atomic E-state index is -1.02. The molecule has 1 atom stereocenters. The fraction of sp³-hybridized carbons (Fsp3) is 0.200. The highest BCUT2D eigenvalue weighted by atomic mass is 32.2. The van der Waals surface area contributed by atoms with Crippen molar-refractivity contribution in [3.05, 3.63) is 54.0 Å². The molecule has 22 heavy (non-hydrogen) atoms. The van der Waals surface area contributed by atoms with Crippen LogP contribution in [0.5, 0.6) is 0 Å². The fourth-order valence-corrected chi connectivity index (χ4v) is 2.31. The van der Waals surface area contributed by atoms with E-state index >= 15 is 0 Å². The van der Waals surface area contributed by atoms with Gasteiger partial charge in [-0.3, -0.25) is 9.53 Å². The van der Waals surface area contributed by atoms with Crippen molar-refractivity contribution in [2.75, 3.05) is 18.6 Å². The first-order valence-electron chi connectivity index (χ1n) is 6.52. The standard InChI is InChI=1S/C15H16FN3O2S/c1-19(10-11-3-6-13(7-4-11)22(2)21)15(20)18-14-8-5-12(16)9-17-14/h3-9H,10H2,1-2H3,(H,17,18,20)/t22-/m0/s1. The van der Waals surface area contributed by atoms with Crippen molar-refractivity contribution in [2.45, 2.75) is 11.4 Å². The molecule has 1 heterocycles. The minimum absolute atomic E-state index is 0.287. The summed E-state index contributed by atoms with van der Waals surface area (Å²) in [5.74, 6) is -0.172. The van der Waals surface area contributed by atoms with Crippen LogP contribution < -0.4 is 5.32 Å². The second kappa shape index (κ2) is 7.13. The van der Waals surface area contributed by atoms with Crippen LogP contribution >= 0.6 is 0 Å². The summed E-state index contributed by atoms with van der Waals surface area (Å²) in [7, 11) is 0.625. The van der Waals surface area contributed by atoms with Crippen molar-refractivity contribution in [1.82, 2.24) is 9.88 Å². The number of aromatic nitrogens is 1. The van der Waals surface area contributed by atoms with Crippen LogP contribution in [0, 0.1) is 5.82 Å². The maximum absolute atomic E-state index is 12.8. The molecule has 0 spiro atoms. The number of nitrogens with one attached hydrogen (secondary N) is 1. The third-order valence-corrected chi connectivity index (χ3v) is 3.92. The molecule has 116 valence electrons. The first-order chi connectivity index (χ1) is 10.5. The summed E-state index contributed by atoms with van der Waals surface area (Å²) in [5, 5.41) is 2.58. The molecule has 0 bridgehead atoms. The van der Waals surface area contributed by atoms with E-state index in [1.807, 2.05) is 12.1 Å². The Morgan fingerprint density at radius 2 is 1.95 bits per heavy atom. The SMILES string of the molecule is CN(Cc1ccc([S@](C)=O)cc1)C(=O)Nc1ccc(F)cn1. The Labute approximate surface area is 130 Å². The lowest BCUT2D eigenvalue weighted by Gasteiger charge is -2.17. The Morgan fingerprint density at radius 3 is 2.50 bits per heavy atom. The Morgan fingerprint density at radius 1 is 1.27 bits per heavy atom. The van der Waals surface area contributed by atoms with Crippen LogP contribution in [0.25, 0.3) is 0 Å². The second-order valence-corrected chi connectivity index (χ2v) is 6.13. The van der Waals surface area contributed by atoms with Crippen LogP contribution in [0.2, 0.25) is 0 Å². The summed E-state index contributed by atoms with van der Waals surface area (Å²) in [6, 6.07) is 9.49. The minimum Gasteiger partial charge on any atom is -0.323 e. The van der Waals surface area contributed by atoms with E-state index in [9.17, 15) is 13.4 Å². The number of amides is 2. The molecule has 1 aromatic carbocycles. The first kappa shape index (κ1) is 16.1. The monoisotopic (exact) mass is 321 g/mol. The normalized spacial score (nSPS) is 11.8. The number of urea groups is 1. The Balaban J connectivity index is 1.95. The van der Waals surface area contributed by atoms with Gasteiger partial charge in [0.15, 0.2) is 0 Å². The fourth-order valence-electron chi connectivity index (χ4n) is 1.79. The van der Waals surface area contributed by atoms with E-state index in [2.05, 4.69) is 10.3 Å². The third kappa shape index (κ3) is 4.36. The average molecular weight is 321 g/mol. The van der Waals surface area contributed by atoms with Gasteiger partial charge in [-0.05, 0) is 29.8 Å². The van der Waals surface area contributed by atoms with E-state index in [4.69, 9.17) is 0 Å². The van der Waals surface area contributed by atoms with E-state index in [-0.39, 0.29) is 11.8 Å². The van der Waals surface area contributed by atoms with E-state index in [0.29, 0.717) is 6.54 Å². The zero-order valence-corrected chi connectivity index (χ0v) is 13.1. The predicted octanol–water partition coefficient (Wildman–Crippen LogP) is 2.62. The summed E-state index contributed by atoms with van der Waals surface area (Å²) < 4.78 is 24.1. The number of hydrogen-bond donors (Lipinski definition) is 1. The number of rotatable bonds is 4. The van der Waals surface area contributed by atoms with Gasteiger partial charge in [0.1, 0.15) is 11.6 Å². The zero-order chi connectivity index (χ0) is 16.1. The van der Waals surface area contributed by atoms with Crippen molar-refractivity contribution in [1.29, 1.82) is 0 Å². The van der Waals surface area contributed by atoms with Crippen molar-refractivity contribution in [3.63, 3.8) is 0 Å². The van der Waals surface area contributed by atoms with Gasteiger partial charge in [-0.25, -0.2) is 14.2 Å². The lowest BCUT2D eigenvalue weighted by molar-refractivity contribution is 0.220. The topological polar surface area (TPSA) is 62.3 Å². The van der Waals surface area contributed by atoms with Crippen molar-refractivity contribution < 1.29 is 13.4 Å². The molecule has 2 aromatic rings. The summed E-state index contributed by atoms with van der Waals surface area (Å²) in [5.41, 5.74) is 0.916. The number of nitrogens with zero attached hydrogens (tertiary/aromatic N) is 2. The average Bonchev–Trinajstić information content (AvgIpc) is 2.50. The number of carbonyl (C=O) groups excluding carboxylic acids is 1. The number of hydrogen-bond acceptors (Lipinski definition) is 3. The van der Waals surface area contributed by atoms with Crippen molar-refractivity contribution in [2.24, 2.45) is 0 Å². The molecule has 1 aromatic heterocycles. The van der Waals surface area contributed by atoms with Gasteiger partial charge >= 0.3 is 6.03 Å². The summed E-state index contributed by atoms with van der Waals surface area (Å²) in [6.07, 6.45) is 2.66. The molecule has 0 aliphatic heterocycles. The van der Waals surface area contributed by atoms with Crippen molar-refractivity contribution >= 4 is 22.6 Å². The van der Waals surface area contributed by atoms with Gasteiger partial charge in [0, 0.05) is 35.5 Å². The van der Waals surface area contributed by atoms with Crippen LogP contribution in [-0.4, -0.2) is 33.4 Å². The van der Waals surface area contributed by atoms with Gasteiger partial charge in [0.25, 0.3) is 0 Å². The van der Waals surface area contributed by atoms with Crippen LogP contribution in [0.1, 0.15) is 5.56 Å². The van der Waals surface area contributed by atoms with E-state index < -0.39 is 16.6 Å². The number of carbonyl (C=O) groups is 1. The molecule has 2 amide bonds. The number of benzene rings is 1. The van der Waals surface area contributed by atoms with Crippen LogP contribution in [-0.2, 0) is 17.3 Å². The van der Waals surface area contributed by atoms with Gasteiger partial charge < -0.3 is 4.90 Å². The third-order valence-electron chi connectivity index (χ3n) is 2.98. The zero-order valence-electron chi connectivity index (χ0n) is 12.2. The largest absolute Gasteiger partial charge is 0.323 e. The Kier molecular flexibility index (Phi) is 5.21. The number of halogens is 1. The van der Waals surface area contributed by atoms with Crippen molar-refractivity contribution in [3.8, 4) is 0 Å². The maximum Gasteiger partial charge on any atom is 0.323 e. The number of anilines is 1. The summed E-state index contributed by atoms with van der Waals surface area (Å²) in [6.45, 7) is 0.393. The maximum atomic E-state index is 12.8. The highest BCUT2D eigenvalue weighted by molar-refractivity contribution is 7.84. The molecule has 2 rings (SSSR count). The van der Waals surface area contributed by atoms with Crippen LogP contribution in [0.15, 0.2) is 47.5 Å². The summed E-state index contributed by atoms with van der Waals surface area (Å²) >= 11 is 0. The number of pyridine rings is 1. The van der Waals surface area contributed by atoms with Gasteiger partial charge in [-0.15, -0.1) is 0 Å². The highest BCUT2D eigenvalue weighted by Crippen LogP contribution is 2.10. The molecule has 0 fully saturated rings. The van der Waals surface area contributed by atoms with Gasteiger partial charge in [0.05, 0.1) is 6.20 Å². The molecule has 1 N–H and O–H groups in total. The van der Waals surface area contributed by atoms with Crippen LogP contribution in [0.4, 0.5) is 15.0 Å². The van der Waals surface area contributed by atoms with E-state index in [1.54, 1.807) is 25.4 Å². The molecule has 0 radical (unpaired) electrons. The molecule has 5 nitrogen and oxygen atoms in total. The molecule has 0 aliphatic carbocycles.